The first-order valence-corrected chi connectivity index (χ1v) is 7.79. The molecular weight excluding hydrogens is 408 g/mol. The highest BCUT2D eigenvalue weighted by Crippen LogP contribution is 2.28. The lowest BCUT2D eigenvalue weighted by Crippen LogP contribution is -1.95. The maximum absolute atomic E-state index is 3.74. The van der Waals surface area contributed by atoms with Crippen molar-refractivity contribution in [2.45, 2.75) is 11.2 Å². The Morgan fingerprint density at radius 3 is 2.24 bits per heavy atom. The van der Waals surface area contributed by atoms with Crippen molar-refractivity contribution in [3.05, 3.63) is 68.6 Å². The van der Waals surface area contributed by atoms with Crippen LogP contribution in [-0.2, 0) is 6.42 Å². The third-order valence-corrected chi connectivity index (χ3v) is 4.41. The minimum absolute atomic E-state index is 0.352. The quantitative estimate of drug-likeness (QED) is 0.545. The third-order valence-electron chi connectivity index (χ3n) is 2.54. The molecule has 88 valence electrons. The Morgan fingerprint density at radius 2 is 1.59 bits per heavy atom. The van der Waals surface area contributed by atoms with Crippen molar-refractivity contribution in [3.8, 4) is 0 Å². The van der Waals surface area contributed by atoms with Gasteiger partial charge in [0.15, 0.2) is 0 Å². The lowest BCUT2D eigenvalue weighted by atomic mass is 10.0. The van der Waals surface area contributed by atoms with Crippen molar-refractivity contribution >= 4 is 47.8 Å². The largest absolute Gasteiger partial charge is 0.0835 e. The molecule has 0 aliphatic carbocycles. The van der Waals surface area contributed by atoms with E-state index in [0.717, 1.165) is 15.4 Å². The van der Waals surface area contributed by atoms with Gasteiger partial charge in [-0.1, -0.05) is 72.1 Å². The topological polar surface area (TPSA) is 0 Å². The molecule has 0 spiro atoms. The van der Waals surface area contributed by atoms with Crippen LogP contribution >= 0.6 is 47.8 Å². The van der Waals surface area contributed by atoms with E-state index in [1.807, 2.05) is 6.07 Å². The second kappa shape index (κ2) is 6.17. The molecule has 3 heteroatoms. The van der Waals surface area contributed by atoms with Crippen molar-refractivity contribution in [3.63, 3.8) is 0 Å². The average Bonchev–Trinajstić information content (AvgIpc) is 2.29. The minimum atomic E-state index is 0.352. The van der Waals surface area contributed by atoms with Crippen LogP contribution in [0.15, 0.2) is 57.5 Å². The predicted octanol–water partition coefficient (Wildman–Crippen LogP) is 5.89. The molecule has 2 aromatic carbocycles. The van der Waals surface area contributed by atoms with Gasteiger partial charge in [0.25, 0.3) is 0 Å². The van der Waals surface area contributed by atoms with Gasteiger partial charge in [-0.3, -0.25) is 0 Å². The molecule has 0 amide bonds. The van der Waals surface area contributed by atoms with Gasteiger partial charge < -0.3 is 0 Å². The van der Waals surface area contributed by atoms with Gasteiger partial charge in [0.1, 0.15) is 0 Å². The van der Waals surface area contributed by atoms with E-state index in [1.165, 1.54) is 11.1 Å². The molecule has 0 aliphatic rings. The van der Waals surface area contributed by atoms with E-state index in [0.29, 0.717) is 4.83 Å². The van der Waals surface area contributed by atoms with Gasteiger partial charge >= 0.3 is 0 Å². The Hall–Kier alpha value is -0.120. The zero-order valence-corrected chi connectivity index (χ0v) is 13.8. The van der Waals surface area contributed by atoms with Crippen molar-refractivity contribution in [2.24, 2.45) is 0 Å². The molecule has 0 aromatic heterocycles. The molecule has 0 radical (unpaired) electrons. The Labute approximate surface area is 127 Å². The smallest absolute Gasteiger partial charge is 0.0435 e. The van der Waals surface area contributed by atoms with E-state index < -0.39 is 0 Å². The first-order valence-electron chi connectivity index (χ1n) is 5.29. The average molecular weight is 419 g/mol. The van der Waals surface area contributed by atoms with Gasteiger partial charge in [0.05, 0.1) is 0 Å². The summed E-state index contributed by atoms with van der Waals surface area (Å²) in [5.41, 5.74) is 2.62. The van der Waals surface area contributed by atoms with Gasteiger partial charge in [-0.15, -0.1) is 0 Å². The Kier molecular flexibility index (Phi) is 4.83. The first-order chi connectivity index (χ1) is 8.15. The summed E-state index contributed by atoms with van der Waals surface area (Å²) in [5, 5.41) is 0. The maximum atomic E-state index is 3.74. The molecule has 0 heterocycles. The second-order valence-electron chi connectivity index (χ2n) is 3.85. The van der Waals surface area contributed by atoms with Crippen LogP contribution < -0.4 is 0 Å². The normalized spacial score (nSPS) is 12.4. The summed E-state index contributed by atoms with van der Waals surface area (Å²) in [5.74, 6) is 0. The van der Waals surface area contributed by atoms with Crippen molar-refractivity contribution in [1.29, 1.82) is 0 Å². The van der Waals surface area contributed by atoms with Crippen LogP contribution in [-0.4, -0.2) is 0 Å². The summed E-state index contributed by atoms with van der Waals surface area (Å²) < 4.78 is 2.24. The zero-order valence-electron chi connectivity index (χ0n) is 9.04. The van der Waals surface area contributed by atoms with Crippen LogP contribution in [0.1, 0.15) is 16.0 Å². The van der Waals surface area contributed by atoms with Gasteiger partial charge in [-0.05, 0) is 41.8 Å². The lowest BCUT2D eigenvalue weighted by molar-refractivity contribution is 0.947. The van der Waals surface area contributed by atoms with E-state index in [2.05, 4.69) is 90.3 Å². The summed E-state index contributed by atoms with van der Waals surface area (Å²) in [4.78, 5) is 0.352. The highest BCUT2D eigenvalue weighted by Gasteiger charge is 2.08. The van der Waals surface area contributed by atoms with Crippen molar-refractivity contribution in [1.82, 2.24) is 0 Å². The molecule has 0 nitrogen and oxygen atoms in total. The molecule has 1 unspecified atom stereocenters. The van der Waals surface area contributed by atoms with Crippen LogP contribution in [0.25, 0.3) is 0 Å². The second-order valence-corrected chi connectivity index (χ2v) is 6.79. The highest BCUT2D eigenvalue weighted by molar-refractivity contribution is 9.10. The number of benzene rings is 2. The van der Waals surface area contributed by atoms with Crippen LogP contribution in [0.2, 0.25) is 0 Å². The van der Waals surface area contributed by atoms with Gasteiger partial charge in [0, 0.05) is 13.8 Å². The van der Waals surface area contributed by atoms with Crippen LogP contribution in [0.3, 0.4) is 0 Å². The summed E-state index contributed by atoms with van der Waals surface area (Å²) in [6, 6.07) is 16.9. The predicted molar refractivity (Wildman–Crippen MR) is 83.7 cm³/mol. The molecule has 2 aromatic rings. The summed E-state index contributed by atoms with van der Waals surface area (Å²) in [7, 11) is 0. The van der Waals surface area contributed by atoms with Gasteiger partial charge in [-0.2, -0.15) is 0 Å². The van der Waals surface area contributed by atoms with Crippen molar-refractivity contribution in [2.75, 3.05) is 0 Å². The molecule has 0 aliphatic heterocycles. The van der Waals surface area contributed by atoms with Crippen molar-refractivity contribution < 1.29 is 0 Å². The standard InChI is InChI=1S/C14H11Br3/c15-12-6-4-11(5-7-12)14(17)9-10-2-1-3-13(16)8-10/h1-8,14H,9H2. The van der Waals surface area contributed by atoms with E-state index in [9.17, 15) is 0 Å². The third kappa shape index (κ3) is 3.94. The first kappa shape index (κ1) is 13.3. The number of hydrogen-bond donors (Lipinski definition) is 0. The molecule has 2 rings (SSSR count). The Morgan fingerprint density at radius 1 is 0.882 bits per heavy atom. The van der Waals surface area contributed by atoms with Gasteiger partial charge in [-0.25, -0.2) is 0 Å². The molecule has 0 saturated heterocycles. The van der Waals surface area contributed by atoms with E-state index in [4.69, 9.17) is 0 Å². The molecule has 0 N–H and O–H groups in total. The van der Waals surface area contributed by atoms with Crippen LogP contribution in [0, 0.1) is 0 Å². The summed E-state index contributed by atoms with van der Waals surface area (Å²) in [6.45, 7) is 0. The molecule has 0 saturated carbocycles. The summed E-state index contributed by atoms with van der Waals surface area (Å²) >= 11 is 10.7. The number of alkyl halides is 1. The number of hydrogen-bond acceptors (Lipinski definition) is 0. The maximum Gasteiger partial charge on any atom is 0.0435 e. The highest BCUT2D eigenvalue weighted by atomic mass is 79.9. The fourth-order valence-electron chi connectivity index (χ4n) is 1.66. The van der Waals surface area contributed by atoms with Gasteiger partial charge in [0.2, 0.25) is 0 Å². The molecule has 1 atom stereocenters. The number of rotatable bonds is 3. The van der Waals surface area contributed by atoms with Crippen LogP contribution in [0.5, 0.6) is 0 Å². The summed E-state index contributed by atoms with van der Waals surface area (Å²) in [6.07, 6.45) is 0.987. The molecule has 17 heavy (non-hydrogen) atoms. The zero-order chi connectivity index (χ0) is 12.3. The van der Waals surface area contributed by atoms with Crippen LogP contribution in [0.4, 0.5) is 0 Å². The van der Waals surface area contributed by atoms with E-state index in [-0.39, 0.29) is 0 Å². The Balaban J connectivity index is 2.11. The minimum Gasteiger partial charge on any atom is -0.0835 e. The van der Waals surface area contributed by atoms with E-state index in [1.54, 1.807) is 0 Å². The fourth-order valence-corrected chi connectivity index (χ4v) is 3.05. The Bertz CT molecular complexity index is 491. The number of halogens is 3. The molecule has 0 fully saturated rings. The lowest BCUT2D eigenvalue weighted by Gasteiger charge is -2.10. The van der Waals surface area contributed by atoms with E-state index >= 15 is 0 Å². The monoisotopic (exact) mass is 416 g/mol. The SMILES string of the molecule is Brc1ccc(C(Br)Cc2cccc(Br)c2)cc1. The molecule has 0 bridgehead atoms. The molecular formula is C14H11Br3. The fraction of sp³-hybridized carbons (Fsp3) is 0.143.